The van der Waals surface area contributed by atoms with Crippen LogP contribution in [0, 0.1) is 111 Å². The second kappa shape index (κ2) is 10.3. The summed E-state index contributed by atoms with van der Waals surface area (Å²) in [5, 5.41) is 0. The number of fused-ring (bicyclic) bond motifs is 2. The van der Waals surface area contributed by atoms with Crippen molar-refractivity contribution < 1.29 is 4.74 Å². The summed E-state index contributed by atoms with van der Waals surface area (Å²) in [6, 6.07) is 0. The van der Waals surface area contributed by atoms with Gasteiger partial charge in [-0.2, -0.15) is 0 Å². The van der Waals surface area contributed by atoms with Crippen molar-refractivity contribution in [3.05, 3.63) is 89.0 Å². The number of rotatable bonds is 2. The van der Waals surface area contributed by atoms with Crippen LogP contribution in [0.25, 0.3) is 22.3 Å². The quantitative estimate of drug-likeness (QED) is 0.236. The summed E-state index contributed by atoms with van der Waals surface area (Å²) >= 11 is 0. The number of hydrogen-bond acceptors (Lipinski definition) is 2. The third-order valence-electron chi connectivity index (χ3n) is 11.8. The molecule has 0 amide bonds. The van der Waals surface area contributed by atoms with E-state index < -0.39 is 0 Å². The molecule has 0 bridgehead atoms. The van der Waals surface area contributed by atoms with Gasteiger partial charge in [0.05, 0.1) is 11.4 Å². The van der Waals surface area contributed by atoms with Crippen molar-refractivity contribution in [3.8, 4) is 33.8 Å². The summed E-state index contributed by atoms with van der Waals surface area (Å²) in [6.07, 6.45) is 0. The molecule has 1 aliphatic heterocycles. The minimum atomic E-state index is 0.991. The van der Waals surface area contributed by atoms with Gasteiger partial charge in [-0.3, -0.25) is 0 Å². The molecular formula is C41H51NO. The Bertz CT molecular complexity index is 1700. The first-order valence-electron chi connectivity index (χ1n) is 15.8. The molecule has 4 aromatic rings. The Morgan fingerprint density at radius 1 is 0.279 bits per heavy atom. The lowest BCUT2D eigenvalue weighted by Crippen LogP contribution is -2.21. The molecule has 0 saturated carbocycles. The lowest BCUT2D eigenvalue weighted by Gasteiger charge is -2.38. The van der Waals surface area contributed by atoms with E-state index in [1.807, 2.05) is 0 Å². The number of ether oxygens (including phenoxy) is 1. The zero-order valence-electron chi connectivity index (χ0n) is 29.9. The molecule has 0 N–H and O–H groups in total. The Hall–Kier alpha value is -3.52. The molecule has 4 aromatic carbocycles. The van der Waals surface area contributed by atoms with Crippen molar-refractivity contribution in [1.29, 1.82) is 0 Å². The molecule has 0 saturated heterocycles. The average molecular weight is 574 g/mol. The minimum absolute atomic E-state index is 0.991. The smallest absolute Gasteiger partial charge is 0.155 e. The SMILES string of the molecule is Cc1c(C)c(C)c(-c2c(C)c(C)c3c(c2C)Oc2c(C)c(-c4c(C)c(C)c(C)c(C)c4C)c(C)c(C)c2N3C)c(C)c1C. The lowest BCUT2D eigenvalue weighted by atomic mass is 9.80. The average Bonchev–Trinajstić information content (AvgIpc) is 2.97. The van der Waals surface area contributed by atoms with Gasteiger partial charge in [-0.25, -0.2) is 0 Å². The predicted octanol–water partition coefficient (Wildman–Crippen LogP) is 11.8. The molecule has 2 heteroatoms. The standard InChI is InChI=1S/C41H51NO/c1-18-20(3)24(7)34(25(8)21(18)4)36-28(11)30(13)38-40(32(36)15)43-41-33(16)37(29(12)31(14)39(41)42(38)17)35-26(9)22(5)19(2)23(6)27(35)10/h1-17H3. The maximum absolute atomic E-state index is 7.19. The van der Waals surface area contributed by atoms with Crippen LogP contribution in [0.2, 0.25) is 0 Å². The highest BCUT2D eigenvalue weighted by Gasteiger charge is 2.34. The van der Waals surface area contributed by atoms with E-state index in [0.29, 0.717) is 0 Å². The Morgan fingerprint density at radius 2 is 0.488 bits per heavy atom. The molecule has 0 aromatic heterocycles. The summed E-state index contributed by atoms with van der Waals surface area (Å²) in [7, 11) is 2.23. The maximum atomic E-state index is 7.19. The molecule has 0 spiro atoms. The van der Waals surface area contributed by atoms with Crippen LogP contribution in [-0.4, -0.2) is 7.05 Å². The highest BCUT2D eigenvalue weighted by Crippen LogP contribution is 2.57. The molecule has 0 fully saturated rings. The van der Waals surface area contributed by atoms with Gasteiger partial charge in [-0.15, -0.1) is 0 Å². The number of anilines is 2. The van der Waals surface area contributed by atoms with Crippen molar-refractivity contribution >= 4 is 11.4 Å². The van der Waals surface area contributed by atoms with Crippen LogP contribution in [0.15, 0.2) is 0 Å². The highest BCUT2D eigenvalue weighted by molar-refractivity contribution is 5.94. The van der Waals surface area contributed by atoms with Gasteiger partial charge in [0.25, 0.3) is 0 Å². The van der Waals surface area contributed by atoms with Crippen molar-refractivity contribution in [2.45, 2.75) is 111 Å². The van der Waals surface area contributed by atoms with Crippen LogP contribution < -0.4 is 9.64 Å². The van der Waals surface area contributed by atoms with Gasteiger partial charge in [-0.1, -0.05) is 0 Å². The van der Waals surface area contributed by atoms with E-state index in [0.717, 1.165) is 11.5 Å². The summed E-state index contributed by atoms with van der Waals surface area (Å²) in [4.78, 5) is 2.41. The molecule has 2 nitrogen and oxygen atoms in total. The first-order valence-corrected chi connectivity index (χ1v) is 15.8. The van der Waals surface area contributed by atoms with E-state index in [4.69, 9.17) is 4.74 Å². The zero-order valence-corrected chi connectivity index (χ0v) is 29.9. The Morgan fingerprint density at radius 3 is 0.767 bits per heavy atom. The van der Waals surface area contributed by atoms with Crippen molar-refractivity contribution in [2.75, 3.05) is 11.9 Å². The van der Waals surface area contributed by atoms with Crippen LogP contribution in [0.5, 0.6) is 11.5 Å². The van der Waals surface area contributed by atoms with Gasteiger partial charge in [0.1, 0.15) is 0 Å². The van der Waals surface area contributed by atoms with Crippen LogP contribution in [0.4, 0.5) is 11.4 Å². The molecule has 5 rings (SSSR count). The molecule has 1 heterocycles. The van der Waals surface area contributed by atoms with Gasteiger partial charge in [-0.05, 0) is 211 Å². The van der Waals surface area contributed by atoms with Gasteiger partial charge in [0, 0.05) is 18.2 Å². The predicted molar refractivity (Wildman–Crippen MR) is 188 cm³/mol. The zero-order chi connectivity index (χ0) is 32.1. The van der Waals surface area contributed by atoms with Crippen molar-refractivity contribution in [3.63, 3.8) is 0 Å². The summed E-state index contributed by atoms with van der Waals surface area (Å²) in [6.45, 7) is 36.4. The fraction of sp³-hybridized carbons (Fsp3) is 0.415. The summed E-state index contributed by atoms with van der Waals surface area (Å²) in [5.74, 6) is 1.98. The van der Waals surface area contributed by atoms with E-state index >= 15 is 0 Å². The maximum Gasteiger partial charge on any atom is 0.155 e. The molecule has 43 heavy (non-hydrogen) atoms. The Labute approximate surface area is 261 Å². The lowest BCUT2D eigenvalue weighted by molar-refractivity contribution is 0.467. The molecule has 1 aliphatic rings. The molecule has 0 atom stereocenters. The number of benzene rings is 4. The normalized spacial score (nSPS) is 12.4. The van der Waals surface area contributed by atoms with Crippen molar-refractivity contribution in [2.24, 2.45) is 0 Å². The number of hydrogen-bond donors (Lipinski definition) is 0. The van der Waals surface area contributed by atoms with Gasteiger partial charge < -0.3 is 9.64 Å². The van der Waals surface area contributed by atoms with E-state index in [1.165, 1.54) is 123 Å². The monoisotopic (exact) mass is 573 g/mol. The molecule has 0 radical (unpaired) electrons. The van der Waals surface area contributed by atoms with Gasteiger partial charge >= 0.3 is 0 Å². The Kier molecular flexibility index (Phi) is 7.40. The van der Waals surface area contributed by atoms with E-state index in [-0.39, 0.29) is 0 Å². The highest BCUT2D eigenvalue weighted by atomic mass is 16.5. The first-order chi connectivity index (χ1) is 20.0. The second-order valence-corrected chi connectivity index (χ2v) is 13.5. The van der Waals surface area contributed by atoms with Gasteiger partial charge in [0.15, 0.2) is 11.5 Å². The third-order valence-corrected chi connectivity index (χ3v) is 11.8. The van der Waals surface area contributed by atoms with E-state index in [1.54, 1.807) is 0 Å². The second-order valence-electron chi connectivity index (χ2n) is 13.5. The van der Waals surface area contributed by atoms with E-state index in [9.17, 15) is 0 Å². The van der Waals surface area contributed by atoms with Crippen LogP contribution in [-0.2, 0) is 0 Å². The molecule has 226 valence electrons. The molecular weight excluding hydrogens is 522 g/mol. The topological polar surface area (TPSA) is 12.5 Å². The fourth-order valence-electron chi connectivity index (χ4n) is 7.99. The van der Waals surface area contributed by atoms with Gasteiger partial charge in [0.2, 0.25) is 0 Å². The van der Waals surface area contributed by atoms with Crippen LogP contribution in [0.1, 0.15) is 89.0 Å². The van der Waals surface area contributed by atoms with Crippen LogP contribution in [0.3, 0.4) is 0 Å². The molecule has 0 unspecified atom stereocenters. The minimum Gasteiger partial charge on any atom is -0.452 e. The van der Waals surface area contributed by atoms with E-state index in [2.05, 4.69) is 123 Å². The largest absolute Gasteiger partial charge is 0.452 e. The Balaban J connectivity index is 1.86. The fourth-order valence-corrected chi connectivity index (χ4v) is 7.99. The first kappa shape index (κ1) is 30.9. The third kappa shape index (κ3) is 4.05. The molecule has 0 aliphatic carbocycles. The van der Waals surface area contributed by atoms with Crippen LogP contribution >= 0.6 is 0 Å². The summed E-state index contributed by atoms with van der Waals surface area (Å²) < 4.78 is 7.19. The number of nitrogens with zero attached hydrogens (tertiary/aromatic N) is 1. The summed E-state index contributed by atoms with van der Waals surface area (Å²) in [5.41, 5.74) is 29.3. The van der Waals surface area contributed by atoms with Crippen molar-refractivity contribution in [1.82, 2.24) is 0 Å².